The zero-order valence-electron chi connectivity index (χ0n) is 20.0. The molecule has 0 fully saturated rings. The first-order chi connectivity index (χ1) is 16.1. The number of nitrogens with zero attached hydrogens (tertiary/aromatic N) is 1. The number of thioether (sulfide) groups is 2. The van der Waals surface area contributed by atoms with E-state index in [1.165, 1.54) is 24.3 Å². The van der Waals surface area contributed by atoms with Crippen molar-refractivity contribution in [2.45, 2.75) is 57.3 Å². The second kappa shape index (κ2) is 15.6. The molecule has 1 heterocycles. The quantitative estimate of drug-likeness (QED) is 0.176. The molecule has 34 heavy (non-hydrogen) atoms. The number of carbonyl (C=O) groups is 4. The molecule has 4 unspecified atom stereocenters. The lowest BCUT2D eigenvalue weighted by Gasteiger charge is -2.26. The Morgan fingerprint density at radius 1 is 1.00 bits per heavy atom. The molecule has 0 aliphatic heterocycles. The van der Waals surface area contributed by atoms with Gasteiger partial charge in [-0.15, -0.1) is 0 Å². The second-order valence-electron chi connectivity index (χ2n) is 8.14. The molecule has 3 amide bonds. The van der Waals surface area contributed by atoms with Crippen molar-refractivity contribution in [2.24, 2.45) is 11.7 Å². The Hall–Kier alpha value is -2.25. The lowest BCUT2D eigenvalue weighted by Crippen LogP contribution is -2.58. The first-order valence-electron chi connectivity index (χ1n) is 10.9. The van der Waals surface area contributed by atoms with Crippen LogP contribution in [-0.4, -0.2) is 86.9 Å². The minimum absolute atomic E-state index is 0.118. The molecule has 4 atom stereocenters. The van der Waals surface area contributed by atoms with Crippen LogP contribution in [0.25, 0.3) is 0 Å². The number of nitrogens with one attached hydrogen (secondary N) is 4. The lowest BCUT2D eigenvalue weighted by molar-refractivity contribution is -0.143. The third-order valence-corrected chi connectivity index (χ3v) is 6.34. The van der Waals surface area contributed by atoms with Crippen molar-refractivity contribution in [3.05, 3.63) is 18.2 Å². The summed E-state index contributed by atoms with van der Waals surface area (Å²) in [4.78, 5) is 56.9. The molecule has 0 aromatic carbocycles. The number of carboxylic acids is 1. The summed E-state index contributed by atoms with van der Waals surface area (Å²) in [6.07, 6.45) is 7.64. The van der Waals surface area contributed by atoms with Crippen molar-refractivity contribution in [1.82, 2.24) is 25.9 Å². The Balaban J connectivity index is 3.00. The van der Waals surface area contributed by atoms with Crippen LogP contribution in [0, 0.1) is 5.92 Å². The van der Waals surface area contributed by atoms with E-state index >= 15 is 0 Å². The van der Waals surface area contributed by atoms with E-state index in [4.69, 9.17) is 5.73 Å². The lowest BCUT2D eigenvalue weighted by atomic mass is 10.0. The molecular formula is C21H36N6O5S2. The number of carboxylic acid groups (broad SMARTS) is 1. The van der Waals surface area contributed by atoms with E-state index in [1.54, 1.807) is 25.6 Å². The first-order valence-corrected chi connectivity index (χ1v) is 13.7. The van der Waals surface area contributed by atoms with E-state index in [0.717, 1.165) is 0 Å². The van der Waals surface area contributed by atoms with E-state index in [-0.39, 0.29) is 12.3 Å². The summed E-state index contributed by atoms with van der Waals surface area (Å²) in [5.41, 5.74) is 6.57. The monoisotopic (exact) mass is 516 g/mol. The number of carbonyl (C=O) groups excluding carboxylic acids is 3. The van der Waals surface area contributed by atoms with Crippen molar-refractivity contribution in [1.29, 1.82) is 0 Å². The minimum atomic E-state index is -1.15. The summed E-state index contributed by atoms with van der Waals surface area (Å²) in [7, 11) is 0. The van der Waals surface area contributed by atoms with Gasteiger partial charge in [-0.2, -0.15) is 23.5 Å². The highest BCUT2D eigenvalue weighted by Gasteiger charge is 2.31. The number of rotatable bonds is 16. The molecule has 11 nitrogen and oxygen atoms in total. The van der Waals surface area contributed by atoms with Gasteiger partial charge in [0, 0.05) is 18.3 Å². The Morgan fingerprint density at radius 3 is 2.12 bits per heavy atom. The van der Waals surface area contributed by atoms with Gasteiger partial charge in [-0.3, -0.25) is 14.4 Å². The van der Waals surface area contributed by atoms with Crippen molar-refractivity contribution in [3.63, 3.8) is 0 Å². The number of amides is 3. The maximum atomic E-state index is 13.2. The van der Waals surface area contributed by atoms with Crippen LogP contribution in [0.1, 0.15) is 32.4 Å². The van der Waals surface area contributed by atoms with Gasteiger partial charge in [0.25, 0.3) is 0 Å². The molecule has 1 aromatic rings. The molecule has 1 rings (SSSR count). The Labute approximate surface area is 208 Å². The average Bonchev–Trinajstić information content (AvgIpc) is 3.30. The number of H-pyrrole nitrogens is 1. The molecule has 192 valence electrons. The Bertz CT molecular complexity index is 793. The van der Waals surface area contributed by atoms with Crippen molar-refractivity contribution in [2.75, 3.05) is 24.0 Å². The normalized spacial score (nSPS) is 14.6. The number of aromatic amines is 1. The number of aromatic nitrogens is 2. The van der Waals surface area contributed by atoms with Gasteiger partial charge in [-0.1, -0.05) is 13.8 Å². The number of hydrogen-bond acceptors (Lipinski definition) is 8. The van der Waals surface area contributed by atoms with Crippen LogP contribution in [-0.2, 0) is 25.6 Å². The van der Waals surface area contributed by atoms with Crippen LogP contribution >= 0.6 is 23.5 Å². The van der Waals surface area contributed by atoms with Crippen molar-refractivity contribution >= 4 is 47.2 Å². The first kappa shape index (κ1) is 29.8. The van der Waals surface area contributed by atoms with E-state index in [0.29, 0.717) is 30.0 Å². The standard InChI is InChI=1S/C21H36N6O5S2/c1-12(2)17(21(31)32)27-19(29)15(6-8-34-4)25-20(30)16(9-13-10-23-11-24-13)26-18(28)14(22)5-7-33-3/h10-12,14-17H,5-9,22H2,1-4H3,(H,23,24)(H,25,30)(H,26,28)(H,27,29)(H,31,32). The SMILES string of the molecule is CSCCC(N)C(=O)NC(Cc1cnc[nH]1)C(=O)NC(CCSC)C(=O)NC(C(=O)O)C(C)C. The number of aliphatic carboxylic acids is 1. The molecule has 0 spiro atoms. The van der Waals surface area contributed by atoms with Gasteiger partial charge in [0.15, 0.2) is 0 Å². The van der Waals surface area contributed by atoms with Crippen molar-refractivity contribution in [3.8, 4) is 0 Å². The molecular weight excluding hydrogens is 480 g/mol. The molecule has 0 radical (unpaired) electrons. The smallest absolute Gasteiger partial charge is 0.326 e. The number of nitrogens with two attached hydrogens (primary N) is 1. The fourth-order valence-electron chi connectivity index (χ4n) is 3.02. The van der Waals surface area contributed by atoms with Gasteiger partial charge in [0.05, 0.1) is 12.4 Å². The highest BCUT2D eigenvalue weighted by molar-refractivity contribution is 7.98. The fourth-order valence-corrected chi connectivity index (χ4v) is 3.99. The van der Waals surface area contributed by atoms with Crippen LogP contribution in [0.2, 0.25) is 0 Å². The van der Waals surface area contributed by atoms with Crippen LogP contribution < -0.4 is 21.7 Å². The Morgan fingerprint density at radius 2 is 1.59 bits per heavy atom. The minimum Gasteiger partial charge on any atom is -0.480 e. The summed E-state index contributed by atoms with van der Waals surface area (Å²) in [5.74, 6) is -1.86. The molecule has 13 heteroatoms. The third-order valence-electron chi connectivity index (χ3n) is 5.06. The zero-order chi connectivity index (χ0) is 25.7. The molecule has 0 saturated heterocycles. The number of hydrogen-bond donors (Lipinski definition) is 6. The maximum absolute atomic E-state index is 13.2. The van der Waals surface area contributed by atoms with Gasteiger partial charge in [0.1, 0.15) is 18.1 Å². The second-order valence-corrected chi connectivity index (χ2v) is 10.1. The molecule has 0 bridgehead atoms. The van der Waals surface area contributed by atoms with Gasteiger partial charge < -0.3 is 31.8 Å². The molecule has 0 saturated carbocycles. The van der Waals surface area contributed by atoms with Crippen LogP contribution in [0.5, 0.6) is 0 Å². The van der Waals surface area contributed by atoms with Gasteiger partial charge in [-0.05, 0) is 42.8 Å². The summed E-state index contributed by atoms with van der Waals surface area (Å²) in [6, 6.07) is -3.83. The molecule has 0 aliphatic rings. The summed E-state index contributed by atoms with van der Waals surface area (Å²) in [6.45, 7) is 3.37. The molecule has 0 aliphatic carbocycles. The largest absolute Gasteiger partial charge is 0.480 e. The topological polar surface area (TPSA) is 179 Å². The summed E-state index contributed by atoms with van der Waals surface area (Å²) >= 11 is 3.05. The van der Waals surface area contributed by atoms with E-state index in [2.05, 4.69) is 25.9 Å². The Kier molecular flexibility index (Phi) is 13.7. The maximum Gasteiger partial charge on any atom is 0.326 e. The van der Waals surface area contributed by atoms with Crippen LogP contribution in [0.4, 0.5) is 0 Å². The predicted octanol–water partition coefficient (Wildman–Crippen LogP) is -0.0193. The zero-order valence-corrected chi connectivity index (χ0v) is 21.6. The van der Waals surface area contributed by atoms with E-state index < -0.39 is 47.9 Å². The van der Waals surface area contributed by atoms with Gasteiger partial charge in [-0.25, -0.2) is 9.78 Å². The highest BCUT2D eigenvalue weighted by atomic mass is 32.2. The fraction of sp³-hybridized carbons (Fsp3) is 0.667. The van der Waals surface area contributed by atoms with Gasteiger partial charge >= 0.3 is 5.97 Å². The molecule has 1 aromatic heterocycles. The highest BCUT2D eigenvalue weighted by Crippen LogP contribution is 2.08. The van der Waals surface area contributed by atoms with Gasteiger partial charge in [0.2, 0.25) is 17.7 Å². The molecule has 7 N–H and O–H groups in total. The van der Waals surface area contributed by atoms with E-state index in [9.17, 15) is 24.3 Å². The van der Waals surface area contributed by atoms with Crippen molar-refractivity contribution < 1.29 is 24.3 Å². The number of imidazole rings is 1. The summed E-state index contributed by atoms with van der Waals surface area (Å²) in [5, 5.41) is 17.3. The summed E-state index contributed by atoms with van der Waals surface area (Å²) < 4.78 is 0. The third kappa shape index (κ3) is 10.3. The van der Waals surface area contributed by atoms with Crippen LogP contribution in [0.3, 0.4) is 0 Å². The average molecular weight is 517 g/mol. The van der Waals surface area contributed by atoms with E-state index in [1.807, 2.05) is 12.5 Å². The van der Waals surface area contributed by atoms with Crippen LogP contribution in [0.15, 0.2) is 12.5 Å². The predicted molar refractivity (Wildman–Crippen MR) is 135 cm³/mol.